The summed E-state index contributed by atoms with van der Waals surface area (Å²) in [6, 6.07) is 6.50. The Hall–Kier alpha value is -1.61. The van der Waals surface area contributed by atoms with Gasteiger partial charge in [-0.25, -0.2) is 0 Å². The van der Waals surface area contributed by atoms with E-state index in [2.05, 4.69) is 35.4 Å². The first-order valence-electron chi connectivity index (χ1n) is 5.97. The van der Waals surface area contributed by atoms with Gasteiger partial charge >= 0.3 is 0 Å². The van der Waals surface area contributed by atoms with Crippen LogP contribution in [0.25, 0.3) is 0 Å². The Bertz CT molecular complexity index is 450. The summed E-state index contributed by atoms with van der Waals surface area (Å²) in [5, 5.41) is 3.48. The zero-order valence-electron chi connectivity index (χ0n) is 10.3. The number of hydrogen-bond donors (Lipinski definition) is 1. The van der Waals surface area contributed by atoms with Gasteiger partial charge in [-0.2, -0.15) is 0 Å². The van der Waals surface area contributed by atoms with Gasteiger partial charge in [-0.15, -0.1) is 0 Å². The molecule has 2 rings (SSSR count). The minimum absolute atomic E-state index is 0.305. The van der Waals surface area contributed by atoms with Gasteiger partial charge in [0.25, 0.3) is 0 Å². The number of hydrogen-bond acceptors (Lipinski definition) is 3. The first-order chi connectivity index (χ1) is 8.29. The van der Waals surface area contributed by atoms with E-state index >= 15 is 0 Å². The van der Waals surface area contributed by atoms with Gasteiger partial charge in [-0.05, 0) is 43.7 Å². The van der Waals surface area contributed by atoms with Crippen molar-refractivity contribution in [2.75, 3.05) is 6.54 Å². The molecule has 1 unspecified atom stereocenters. The average molecular weight is 230 g/mol. The molecule has 3 nitrogen and oxygen atoms in total. The number of nitrogens with zero attached hydrogens (tertiary/aromatic N) is 1. The predicted octanol–water partition coefficient (Wildman–Crippen LogP) is 2.88. The second-order valence-electron chi connectivity index (χ2n) is 4.16. The summed E-state index contributed by atoms with van der Waals surface area (Å²) in [6.07, 6.45) is 6.46. The third-order valence-electron chi connectivity index (χ3n) is 2.79. The van der Waals surface area contributed by atoms with E-state index in [4.69, 9.17) is 4.42 Å². The Morgan fingerprint density at radius 1 is 1.35 bits per heavy atom. The van der Waals surface area contributed by atoms with Gasteiger partial charge in [0.1, 0.15) is 5.76 Å². The Balaban J connectivity index is 2.13. The highest BCUT2D eigenvalue weighted by Crippen LogP contribution is 2.20. The molecule has 0 aromatic carbocycles. The number of aromatic nitrogens is 1. The smallest absolute Gasteiger partial charge is 0.101 e. The predicted molar refractivity (Wildman–Crippen MR) is 67.8 cm³/mol. The van der Waals surface area contributed by atoms with Crippen LogP contribution in [0.3, 0.4) is 0 Å². The number of nitrogens with one attached hydrogen (secondary N) is 1. The number of furan rings is 1. The lowest BCUT2D eigenvalue weighted by atomic mass is 10.0. The van der Waals surface area contributed by atoms with E-state index in [1.807, 2.05) is 25.6 Å². The van der Waals surface area contributed by atoms with E-state index in [1.54, 1.807) is 0 Å². The van der Waals surface area contributed by atoms with Crippen molar-refractivity contribution in [2.45, 2.75) is 26.3 Å². The van der Waals surface area contributed by atoms with Crippen molar-refractivity contribution in [2.24, 2.45) is 0 Å². The van der Waals surface area contributed by atoms with Gasteiger partial charge in [-0.3, -0.25) is 4.98 Å². The van der Waals surface area contributed by atoms with Crippen molar-refractivity contribution >= 4 is 0 Å². The minimum atomic E-state index is 0.305. The van der Waals surface area contributed by atoms with E-state index in [0.29, 0.717) is 6.04 Å². The number of aryl methyl sites for hydroxylation is 1. The van der Waals surface area contributed by atoms with Crippen LogP contribution < -0.4 is 5.32 Å². The maximum atomic E-state index is 5.38. The average Bonchev–Trinajstić information content (AvgIpc) is 2.77. The molecule has 0 saturated carbocycles. The van der Waals surface area contributed by atoms with Crippen molar-refractivity contribution < 1.29 is 4.42 Å². The summed E-state index contributed by atoms with van der Waals surface area (Å²) in [5.41, 5.74) is 2.49. The summed E-state index contributed by atoms with van der Waals surface area (Å²) < 4.78 is 5.38. The summed E-state index contributed by atoms with van der Waals surface area (Å²) in [4.78, 5) is 4.04. The minimum Gasteiger partial charge on any atom is -0.469 e. The fourth-order valence-electron chi connectivity index (χ4n) is 1.96. The fraction of sp³-hybridized carbons (Fsp3) is 0.357. The zero-order valence-corrected chi connectivity index (χ0v) is 10.3. The molecule has 0 radical (unpaired) electrons. The lowest BCUT2D eigenvalue weighted by Crippen LogP contribution is -2.22. The third-order valence-corrected chi connectivity index (χ3v) is 2.79. The molecule has 2 aromatic rings. The normalized spacial score (nSPS) is 12.6. The lowest BCUT2D eigenvalue weighted by molar-refractivity contribution is 0.511. The molecule has 0 aliphatic carbocycles. The van der Waals surface area contributed by atoms with Crippen LogP contribution in [0.15, 0.2) is 41.3 Å². The van der Waals surface area contributed by atoms with E-state index < -0.39 is 0 Å². The molecule has 0 spiro atoms. The van der Waals surface area contributed by atoms with Gasteiger partial charge in [0, 0.05) is 24.0 Å². The highest BCUT2D eigenvalue weighted by atomic mass is 16.3. The molecule has 17 heavy (non-hydrogen) atoms. The molecule has 2 heterocycles. The molecule has 0 aliphatic heterocycles. The molecule has 0 fully saturated rings. The molecular formula is C14H18N2O. The Kier molecular flexibility index (Phi) is 3.94. The lowest BCUT2D eigenvalue weighted by Gasteiger charge is -2.16. The highest BCUT2D eigenvalue weighted by Gasteiger charge is 2.13. The van der Waals surface area contributed by atoms with Crippen molar-refractivity contribution in [3.63, 3.8) is 0 Å². The van der Waals surface area contributed by atoms with Crippen molar-refractivity contribution in [1.29, 1.82) is 0 Å². The molecule has 2 aromatic heterocycles. The summed E-state index contributed by atoms with van der Waals surface area (Å²) in [7, 11) is 0. The number of pyridine rings is 1. The summed E-state index contributed by atoms with van der Waals surface area (Å²) in [5.74, 6) is 0.956. The Morgan fingerprint density at radius 3 is 2.71 bits per heavy atom. The second kappa shape index (κ2) is 5.64. The number of likely N-dealkylation sites (N-methyl/N-ethyl adjacent to an activating group) is 1. The fourth-order valence-corrected chi connectivity index (χ4v) is 1.96. The molecule has 0 aliphatic rings. The monoisotopic (exact) mass is 230 g/mol. The van der Waals surface area contributed by atoms with E-state index in [0.717, 1.165) is 18.7 Å². The molecule has 90 valence electrons. The molecule has 0 saturated heterocycles. The quantitative estimate of drug-likeness (QED) is 0.858. The van der Waals surface area contributed by atoms with Crippen LogP contribution in [0.1, 0.15) is 29.9 Å². The summed E-state index contributed by atoms with van der Waals surface area (Å²) >= 11 is 0. The van der Waals surface area contributed by atoms with Gasteiger partial charge in [0.2, 0.25) is 0 Å². The van der Waals surface area contributed by atoms with Gasteiger partial charge in [0.15, 0.2) is 0 Å². The molecule has 0 bridgehead atoms. The molecule has 0 amide bonds. The Morgan fingerprint density at radius 2 is 2.12 bits per heavy atom. The van der Waals surface area contributed by atoms with E-state index in [-0.39, 0.29) is 0 Å². The van der Waals surface area contributed by atoms with Crippen molar-refractivity contribution in [3.8, 4) is 0 Å². The number of rotatable bonds is 5. The maximum Gasteiger partial charge on any atom is 0.101 e. The van der Waals surface area contributed by atoms with Crippen molar-refractivity contribution in [3.05, 3.63) is 53.7 Å². The van der Waals surface area contributed by atoms with Crippen LogP contribution >= 0.6 is 0 Å². The van der Waals surface area contributed by atoms with E-state index in [9.17, 15) is 0 Å². The van der Waals surface area contributed by atoms with Crippen LogP contribution in [0.5, 0.6) is 0 Å². The largest absolute Gasteiger partial charge is 0.469 e. The maximum absolute atomic E-state index is 5.38. The van der Waals surface area contributed by atoms with Crippen LogP contribution in [0, 0.1) is 6.92 Å². The third kappa shape index (κ3) is 3.17. The molecule has 3 heteroatoms. The first-order valence-corrected chi connectivity index (χ1v) is 5.97. The van der Waals surface area contributed by atoms with Crippen LogP contribution in [-0.2, 0) is 6.42 Å². The van der Waals surface area contributed by atoms with Gasteiger partial charge < -0.3 is 9.73 Å². The van der Waals surface area contributed by atoms with Crippen molar-refractivity contribution in [1.82, 2.24) is 10.3 Å². The van der Waals surface area contributed by atoms with Gasteiger partial charge in [-0.1, -0.05) is 6.92 Å². The molecule has 1 atom stereocenters. The topological polar surface area (TPSA) is 38.1 Å². The van der Waals surface area contributed by atoms with Crippen LogP contribution in [0.4, 0.5) is 0 Å². The Labute approximate surface area is 102 Å². The second-order valence-corrected chi connectivity index (χ2v) is 4.16. The zero-order chi connectivity index (χ0) is 12.1. The van der Waals surface area contributed by atoms with E-state index in [1.165, 1.54) is 11.1 Å². The van der Waals surface area contributed by atoms with Crippen LogP contribution in [-0.4, -0.2) is 11.5 Å². The van der Waals surface area contributed by atoms with Crippen LogP contribution in [0.2, 0.25) is 0 Å². The highest BCUT2D eigenvalue weighted by molar-refractivity contribution is 5.21. The molecule has 1 N–H and O–H groups in total. The standard InChI is InChI=1S/C14H18N2O/c1-3-16-14(13-8-11(2)17-10-13)9-12-4-6-15-7-5-12/h4-8,10,14,16H,3,9H2,1-2H3. The van der Waals surface area contributed by atoms with Gasteiger partial charge in [0.05, 0.1) is 6.26 Å². The SMILES string of the molecule is CCNC(Cc1ccncc1)c1coc(C)c1. The molecular weight excluding hydrogens is 212 g/mol. The first kappa shape index (κ1) is 11.9. The summed E-state index contributed by atoms with van der Waals surface area (Å²) in [6.45, 7) is 5.03.